The molecule has 3 N–H and O–H groups in total. The molecule has 0 saturated heterocycles. The van der Waals surface area contributed by atoms with E-state index in [9.17, 15) is 4.79 Å². The number of rotatable bonds is 7. The minimum absolute atomic E-state index is 0.0379. The van der Waals surface area contributed by atoms with Crippen molar-refractivity contribution >= 4 is 27.8 Å². The first-order chi connectivity index (χ1) is 10.0. The molecule has 0 aliphatic carbocycles. The monoisotopic (exact) mass is 308 g/mol. The van der Waals surface area contributed by atoms with Crippen LogP contribution in [0.3, 0.4) is 0 Å². The normalized spacial score (nSPS) is 10.9. The molecule has 2 heterocycles. The molecule has 0 aliphatic rings. The first-order valence-corrected chi connectivity index (χ1v) is 7.58. The summed E-state index contributed by atoms with van der Waals surface area (Å²) < 4.78 is 7.15. The topological polar surface area (TPSA) is 82.2 Å². The molecule has 114 valence electrons. The van der Waals surface area contributed by atoms with E-state index >= 15 is 0 Å². The predicted octanol–water partition coefficient (Wildman–Crippen LogP) is 2.49. The van der Waals surface area contributed by atoms with Gasteiger partial charge in [-0.3, -0.25) is 9.48 Å². The van der Waals surface area contributed by atoms with Gasteiger partial charge >= 0.3 is 0 Å². The highest BCUT2D eigenvalue weighted by molar-refractivity contribution is 7.19. The van der Waals surface area contributed by atoms with E-state index in [0.717, 1.165) is 11.5 Å². The average Bonchev–Trinajstić information content (AvgIpc) is 3.06. The van der Waals surface area contributed by atoms with Gasteiger partial charge in [-0.15, -0.1) is 11.3 Å². The lowest BCUT2D eigenvalue weighted by Gasteiger charge is -2.07. The van der Waals surface area contributed by atoms with Crippen LogP contribution in [0.2, 0.25) is 0 Å². The van der Waals surface area contributed by atoms with E-state index in [0.29, 0.717) is 22.9 Å². The molecule has 0 saturated carbocycles. The Kier molecular flexibility index (Phi) is 4.85. The summed E-state index contributed by atoms with van der Waals surface area (Å²) in [5, 5.41) is 8.18. The number of nitrogen functional groups attached to an aromatic ring is 1. The molecular weight excluding hydrogens is 288 g/mol. The van der Waals surface area contributed by atoms with Crippen molar-refractivity contribution in [1.82, 2.24) is 9.78 Å². The number of anilines is 2. The maximum atomic E-state index is 12.1. The Hall–Kier alpha value is -2.02. The average molecular weight is 308 g/mol. The molecule has 0 unspecified atom stereocenters. The SMILES string of the molecule is COc1c(NCCn2cccn2)sc(C(=O)C(C)C)c1N. The van der Waals surface area contributed by atoms with Crippen molar-refractivity contribution < 1.29 is 9.53 Å². The Balaban J connectivity index is 2.11. The van der Waals surface area contributed by atoms with Crippen molar-refractivity contribution in [3.8, 4) is 5.75 Å². The third-order valence-electron chi connectivity index (χ3n) is 3.04. The minimum Gasteiger partial charge on any atom is -0.492 e. The Morgan fingerprint density at radius 1 is 1.57 bits per heavy atom. The Bertz CT molecular complexity index is 605. The van der Waals surface area contributed by atoms with Crippen LogP contribution < -0.4 is 15.8 Å². The van der Waals surface area contributed by atoms with Crippen LogP contribution in [0, 0.1) is 5.92 Å². The molecule has 2 aromatic heterocycles. The first kappa shape index (κ1) is 15.4. The van der Waals surface area contributed by atoms with E-state index < -0.39 is 0 Å². The second-order valence-corrected chi connectivity index (χ2v) is 5.94. The molecule has 0 spiro atoms. The van der Waals surface area contributed by atoms with Gasteiger partial charge in [-0.2, -0.15) is 5.10 Å². The van der Waals surface area contributed by atoms with E-state index in [-0.39, 0.29) is 11.7 Å². The molecule has 0 aromatic carbocycles. The molecule has 0 bridgehead atoms. The Labute approximate surface area is 127 Å². The second kappa shape index (κ2) is 6.62. The lowest BCUT2D eigenvalue weighted by Crippen LogP contribution is -2.10. The zero-order valence-electron chi connectivity index (χ0n) is 12.4. The Morgan fingerprint density at radius 3 is 2.90 bits per heavy atom. The van der Waals surface area contributed by atoms with Crippen LogP contribution in [0.4, 0.5) is 10.7 Å². The Morgan fingerprint density at radius 2 is 2.33 bits per heavy atom. The van der Waals surface area contributed by atoms with E-state index in [1.165, 1.54) is 11.3 Å². The summed E-state index contributed by atoms with van der Waals surface area (Å²) in [4.78, 5) is 12.7. The lowest BCUT2D eigenvalue weighted by molar-refractivity contribution is 0.0944. The number of hydrogen-bond acceptors (Lipinski definition) is 6. The van der Waals surface area contributed by atoms with Gasteiger partial charge in [-0.25, -0.2) is 0 Å². The van der Waals surface area contributed by atoms with Gasteiger partial charge in [0.05, 0.1) is 24.2 Å². The zero-order chi connectivity index (χ0) is 15.4. The molecule has 0 atom stereocenters. The molecule has 7 heteroatoms. The largest absolute Gasteiger partial charge is 0.492 e. The van der Waals surface area contributed by atoms with Crippen molar-refractivity contribution in [3.63, 3.8) is 0 Å². The summed E-state index contributed by atoms with van der Waals surface area (Å²) >= 11 is 1.34. The molecular formula is C14H20N4O2S. The molecule has 0 aliphatic heterocycles. The number of ether oxygens (including phenoxy) is 1. The summed E-state index contributed by atoms with van der Waals surface area (Å²) in [6, 6.07) is 1.88. The highest BCUT2D eigenvalue weighted by atomic mass is 32.1. The van der Waals surface area contributed by atoms with Crippen molar-refractivity contribution in [2.75, 3.05) is 24.7 Å². The fourth-order valence-corrected chi connectivity index (χ4v) is 3.11. The lowest BCUT2D eigenvalue weighted by atomic mass is 10.1. The van der Waals surface area contributed by atoms with E-state index in [2.05, 4.69) is 10.4 Å². The summed E-state index contributed by atoms with van der Waals surface area (Å²) in [5.41, 5.74) is 6.45. The number of ketones is 1. The minimum atomic E-state index is -0.0902. The number of nitrogens with two attached hydrogens (primary N) is 1. The van der Waals surface area contributed by atoms with Crippen LogP contribution in [0.5, 0.6) is 5.75 Å². The first-order valence-electron chi connectivity index (χ1n) is 6.76. The number of thiophene rings is 1. The predicted molar refractivity (Wildman–Crippen MR) is 85.2 cm³/mol. The van der Waals surface area contributed by atoms with E-state index in [4.69, 9.17) is 10.5 Å². The third-order valence-corrected chi connectivity index (χ3v) is 4.20. The quantitative estimate of drug-likeness (QED) is 0.768. The number of Topliss-reactive ketones (excluding diaryl/α,β-unsaturated/α-hetero) is 1. The number of nitrogens with one attached hydrogen (secondary N) is 1. The van der Waals surface area contributed by atoms with Crippen LogP contribution in [0.15, 0.2) is 18.5 Å². The van der Waals surface area contributed by atoms with Gasteiger partial charge in [0, 0.05) is 24.9 Å². The highest BCUT2D eigenvalue weighted by Crippen LogP contribution is 2.43. The van der Waals surface area contributed by atoms with Crippen LogP contribution in [0.1, 0.15) is 23.5 Å². The summed E-state index contributed by atoms with van der Waals surface area (Å²) in [5.74, 6) is 0.493. The zero-order valence-corrected chi connectivity index (χ0v) is 13.2. The molecule has 0 fully saturated rings. The van der Waals surface area contributed by atoms with Gasteiger partial charge in [-0.1, -0.05) is 13.8 Å². The highest BCUT2D eigenvalue weighted by Gasteiger charge is 2.23. The van der Waals surface area contributed by atoms with Gasteiger partial charge in [0.1, 0.15) is 5.00 Å². The van der Waals surface area contributed by atoms with E-state index in [1.807, 2.05) is 30.8 Å². The molecule has 6 nitrogen and oxygen atoms in total. The number of aromatic nitrogens is 2. The van der Waals surface area contributed by atoms with E-state index in [1.54, 1.807) is 13.3 Å². The maximum absolute atomic E-state index is 12.1. The third kappa shape index (κ3) is 3.36. The van der Waals surface area contributed by atoms with Gasteiger partial charge in [-0.05, 0) is 6.07 Å². The van der Waals surface area contributed by atoms with Crippen LogP contribution in [0.25, 0.3) is 0 Å². The van der Waals surface area contributed by atoms with Crippen LogP contribution in [-0.4, -0.2) is 29.2 Å². The van der Waals surface area contributed by atoms with Crippen LogP contribution >= 0.6 is 11.3 Å². The molecule has 0 amide bonds. The number of nitrogens with zero attached hydrogens (tertiary/aromatic N) is 2. The molecule has 21 heavy (non-hydrogen) atoms. The number of hydrogen-bond donors (Lipinski definition) is 2. The number of methoxy groups -OCH3 is 1. The number of carbonyl (C=O) groups excluding carboxylic acids is 1. The van der Waals surface area contributed by atoms with Gasteiger partial charge in [0.15, 0.2) is 11.5 Å². The van der Waals surface area contributed by atoms with Crippen molar-refractivity contribution in [2.45, 2.75) is 20.4 Å². The van der Waals surface area contributed by atoms with Crippen molar-refractivity contribution in [2.24, 2.45) is 5.92 Å². The molecule has 2 aromatic rings. The number of carbonyl (C=O) groups is 1. The maximum Gasteiger partial charge on any atom is 0.177 e. The van der Waals surface area contributed by atoms with Crippen molar-refractivity contribution in [3.05, 3.63) is 23.3 Å². The summed E-state index contributed by atoms with van der Waals surface area (Å²) in [6.45, 7) is 5.12. The fraction of sp³-hybridized carbons (Fsp3) is 0.429. The molecule has 0 radical (unpaired) electrons. The smallest absolute Gasteiger partial charge is 0.177 e. The summed E-state index contributed by atoms with van der Waals surface area (Å²) in [6.07, 6.45) is 3.64. The second-order valence-electron chi connectivity index (χ2n) is 4.92. The summed E-state index contributed by atoms with van der Waals surface area (Å²) in [7, 11) is 1.56. The van der Waals surface area contributed by atoms with Gasteiger partial charge in [0.2, 0.25) is 0 Å². The molecule has 2 rings (SSSR count). The fourth-order valence-electron chi connectivity index (χ4n) is 1.91. The van der Waals surface area contributed by atoms with Crippen LogP contribution in [-0.2, 0) is 6.54 Å². The van der Waals surface area contributed by atoms with Gasteiger partial charge in [0.25, 0.3) is 0 Å². The standard InChI is InChI=1S/C14H20N4O2S/c1-9(2)11(19)13-10(15)12(20-3)14(21-13)16-6-8-18-7-4-5-17-18/h4-5,7,9,16H,6,8,15H2,1-3H3. The van der Waals surface area contributed by atoms with Gasteiger partial charge < -0.3 is 15.8 Å². The van der Waals surface area contributed by atoms with Crippen molar-refractivity contribution in [1.29, 1.82) is 0 Å².